The lowest BCUT2D eigenvalue weighted by atomic mass is 10.1. The van der Waals surface area contributed by atoms with E-state index >= 15 is 0 Å². The van der Waals surface area contributed by atoms with Gasteiger partial charge in [0.15, 0.2) is 17.5 Å². The van der Waals surface area contributed by atoms with Gasteiger partial charge < -0.3 is 20.9 Å². The molecule has 0 bridgehead atoms. The first kappa shape index (κ1) is 21.4. The number of rotatable bonds is 4. The highest BCUT2D eigenvalue weighted by atomic mass is 35.5. The number of anilines is 2. The van der Waals surface area contributed by atoms with E-state index in [0.717, 1.165) is 18.2 Å². The molecule has 1 unspecified atom stereocenters. The molecule has 1 fully saturated rings. The van der Waals surface area contributed by atoms with Crippen molar-refractivity contribution >= 4 is 40.1 Å². The Morgan fingerprint density at radius 2 is 2.06 bits per heavy atom. The van der Waals surface area contributed by atoms with Crippen molar-refractivity contribution in [2.45, 2.75) is 12.1 Å². The molecule has 8 nitrogen and oxygen atoms in total. The zero-order chi connectivity index (χ0) is 22.4. The first-order valence-electron chi connectivity index (χ1n) is 9.27. The normalized spacial score (nSPS) is 19.2. The predicted molar refractivity (Wildman–Crippen MR) is 111 cm³/mol. The quantitative estimate of drug-likeness (QED) is 0.235. The van der Waals surface area contributed by atoms with E-state index in [0.29, 0.717) is 18.2 Å². The summed E-state index contributed by atoms with van der Waals surface area (Å²) in [6.07, 6.45) is 0. The van der Waals surface area contributed by atoms with Crippen molar-refractivity contribution in [3.8, 4) is 0 Å². The van der Waals surface area contributed by atoms with Crippen LogP contribution in [0.1, 0.15) is 5.56 Å². The molecular weight excluding hydrogens is 435 g/mol. The average molecular weight is 454 g/mol. The lowest BCUT2D eigenvalue weighted by molar-refractivity contribution is 0.312. The summed E-state index contributed by atoms with van der Waals surface area (Å²) in [5.41, 5.74) is 5.54. The summed E-state index contributed by atoms with van der Waals surface area (Å²) in [6.45, 7) is 1.30. The molecule has 12 heteroatoms. The van der Waals surface area contributed by atoms with E-state index in [1.807, 2.05) is 11.9 Å². The molecule has 2 atom stereocenters. The molecule has 1 aliphatic rings. The standard InChI is InChI=1S/C19H19ClF3N7O/c1-29-6-13(24)14(7-29)26-19-27-16-9(5-12(22)15(23)17(16)28-19)18(25)30(31)8-2-3-11(21)10(20)4-8/h2-5,13-14,25,31H,6-7,24H2,1H3,(H2,26,27,28)/t13?,14-/m1/s1. The third kappa shape index (κ3) is 3.92. The summed E-state index contributed by atoms with van der Waals surface area (Å²) in [4.78, 5) is 8.93. The maximum atomic E-state index is 14.4. The number of fused-ring (bicyclic) bond motifs is 1. The largest absolute Gasteiger partial charge is 0.350 e. The molecule has 164 valence electrons. The Morgan fingerprint density at radius 1 is 1.32 bits per heavy atom. The van der Waals surface area contributed by atoms with Gasteiger partial charge in [-0.25, -0.2) is 23.2 Å². The molecular formula is C19H19ClF3N7O. The zero-order valence-electron chi connectivity index (χ0n) is 16.3. The van der Waals surface area contributed by atoms with Crippen molar-refractivity contribution in [2.24, 2.45) is 5.73 Å². The van der Waals surface area contributed by atoms with Gasteiger partial charge in [0.05, 0.1) is 22.3 Å². The number of likely N-dealkylation sites (tertiary alicyclic amines) is 1. The van der Waals surface area contributed by atoms with Gasteiger partial charge in [-0.15, -0.1) is 0 Å². The van der Waals surface area contributed by atoms with Crippen LogP contribution in [0.15, 0.2) is 24.3 Å². The molecule has 6 N–H and O–H groups in total. The number of aromatic nitrogens is 2. The maximum Gasteiger partial charge on any atom is 0.201 e. The number of hydroxylamine groups is 1. The Bertz CT molecular complexity index is 1170. The molecule has 4 rings (SSSR count). The second-order valence-corrected chi connectivity index (χ2v) is 7.83. The molecule has 2 heterocycles. The van der Waals surface area contributed by atoms with Crippen molar-refractivity contribution in [3.63, 3.8) is 0 Å². The van der Waals surface area contributed by atoms with Gasteiger partial charge in [-0.05, 0) is 31.3 Å². The van der Waals surface area contributed by atoms with Crippen LogP contribution >= 0.6 is 11.6 Å². The maximum absolute atomic E-state index is 14.4. The number of amidine groups is 1. The molecule has 31 heavy (non-hydrogen) atoms. The van der Waals surface area contributed by atoms with E-state index in [-0.39, 0.29) is 45.3 Å². The fraction of sp³-hybridized carbons (Fsp3) is 0.263. The number of benzene rings is 2. The number of hydrogen-bond donors (Lipinski definition) is 5. The zero-order valence-corrected chi connectivity index (χ0v) is 17.0. The number of nitrogens with zero attached hydrogens (tertiary/aromatic N) is 3. The number of imidazole rings is 1. The molecule has 0 spiro atoms. The van der Waals surface area contributed by atoms with E-state index in [1.54, 1.807) is 0 Å². The van der Waals surface area contributed by atoms with Gasteiger partial charge in [-0.3, -0.25) is 10.6 Å². The van der Waals surface area contributed by atoms with E-state index in [9.17, 15) is 18.4 Å². The highest BCUT2D eigenvalue weighted by Gasteiger charge is 2.29. The van der Waals surface area contributed by atoms with Gasteiger partial charge in [0.2, 0.25) is 5.95 Å². The minimum Gasteiger partial charge on any atom is -0.350 e. The molecule has 1 saturated heterocycles. The number of nitrogens with one attached hydrogen (secondary N) is 3. The fourth-order valence-corrected chi connectivity index (χ4v) is 3.75. The molecule has 0 saturated carbocycles. The van der Waals surface area contributed by atoms with Crippen LogP contribution in [0.4, 0.5) is 24.8 Å². The van der Waals surface area contributed by atoms with E-state index in [2.05, 4.69) is 15.3 Å². The van der Waals surface area contributed by atoms with Crippen LogP contribution in [-0.4, -0.2) is 58.1 Å². The number of likely N-dealkylation sites (N-methyl/N-ethyl adjacent to an activating group) is 1. The topological polar surface area (TPSA) is 117 Å². The van der Waals surface area contributed by atoms with Gasteiger partial charge in [0.25, 0.3) is 0 Å². The second kappa shape index (κ2) is 8.00. The lowest BCUT2D eigenvalue weighted by Crippen LogP contribution is -2.39. The van der Waals surface area contributed by atoms with Gasteiger partial charge in [0, 0.05) is 24.7 Å². The van der Waals surface area contributed by atoms with Crippen LogP contribution in [0.25, 0.3) is 11.0 Å². The summed E-state index contributed by atoms with van der Waals surface area (Å²) >= 11 is 5.73. The summed E-state index contributed by atoms with van der Waals surface area (Å²) in [5.74, 6) is -3.59. The van der Waals surface area contributed by atoms with Crippen LogP contribution < -0.4 is 16.1 Å². The molecule has 2 aromatic carbocycles. The van der Waals surface area contributed by atoms with Gasteiger partial charge in [0.1, 0.15) is 11.3 Å². The van der Waals surface area contributed by atoms with Gasteiger partial charge >= 0.3 is 0 Å². The Kier molecular flexibility index (Phi) is 5.52. The van der Waals surface area contributed by atoms with E-state index in [4.69, 9.17) is 22.7 Å². The molecule has 0 radical (unpaired) electrons. The monoisotopic (exact) mass is 453 g/mol. The van der Waals surface area contributed by atoms with Crippen molar-refractivity contribution in [2.75, 3.05) is 30.5 Å². The number of aromatic amines is 1. The van der Waals surface area contributed by atoms with Crippen molar-refractivity contribution < 1.29 is 18.4 Å². The Balaban J connectivity index is 1.71. The third-order valence-corrected chi connectivity index (χ3v) is 5.44. The first-order chi connectivity index (χ1) is 14.7. The highest BCUT2D eigenvalue weighted by molar-refractivity contribution is 6.31. The number of nitrogens with two attached hydrogens (primary N) is 1. The van der Waals surface area contributed by atoms with E-state index in [1.165, 1.54) is 6.07 Å². The highest BCUT2D eigenvalue weighted by Crippen LogP contribution is 2.28. The van der Waals surface area contributed by atoms with Gasteiger partial charge in [-0.2, -0.15) is 0 Å². The van der Waals surface area contributed by atoms with Crippen LogP contribution in [0.2, 0.25) is 5.02 Å². The molecule has 1 aromatic heterocycles. The van der Waals surface area contributed by atoms with Gasteiger partial charge in [-0.1, -0.05) is 11.6 Å². The van der Waals surface area contributed by atoms with Crippen LogP contribution in [0.3, 0.4) is 0 Å². The molecule has 0 amide bonds. The minimum absolute atomic E-state index is 0.00131. The summed E-state index contributed by atoms with van der Waals surface area (Å²) in [6, 6.07) is 3.71. The number of halogens is 4. The molecule has 3 aromatic rings. The number of hydrogen-bond acceptors (Lipinski definition) is 6. The van der Waals surface area contributed by atoms with Crippen molar-refractivity contribution in [3.05, 3.63) is 52.3 Å². The SMILES string of the molecule is CN1CC(N)[C@H](Nc2nc3c(F)c(F)cc(C(=N)N(O)c4ccc(F)c(Cl)c4)c3[nH]2)C1. The molecule has 0 aliphatic carbocycles. The summed E-state index contributed by atoms with van der Waals surface area (Å²) < 4.78 is 42.0. The van der Waals surface area contributed by atoms with E-state index < -0.39 is 23.3 Å². The summed E-state index contributed by atoms with van der Waals surface area (Å²) in [7, 11) is 1.91. The van der Waals surface area contributed by atoms with Crippen LogP contribution in [0, 0.1) is 22.9 Å². The predicted octanol–water partition coefficient (Wildman–Crippen LogP) is 2.91. The number of H-pyrrole nitrogens is 1. The van der Waals surface area contributed by atoms with Crippen LogP contribution in [0.5, 0.6) is 0 Å². The smallest absolute Gasteiger partial charge is 0.201 e. The Morgan fingerprint density at radius 3 is 2.71 bits per heavy atom. The van der Waals surface area contributed by atoms with Crippen molar-refractivity contribution in [1.82, 2.24) is 14.9 Å². The minimum atomic E-state index is -1.24. The fourth-order valence-electron chi connectivity index (χ4n) is 3.58. The Hall–Kier alpha value is -2.86. The average Bonchev–Trinajstić information content (AvgIpc) is 3.28. The first-order valence-corrected chi connectivity index (χ1v) is 9.65. The molecule has 1 aliphatic heterocycles. The lowest BCUT2D eigenvalue weighted by Gasteiger charge is -2.18. The summed E-state index contributed by atoms with van der Waals surface area (Å²) in [5, 5.41) is 21.9. The second-order valence-electron chi connectivity index (χ2n) is 7.42. The van der Waals surface area contributed by atoms with Crippen molar-refractivity contribution in [1.29, 1.82) is 5.41 Å². The van der Waals surface area contributed by atoms with Crippen LogP contribution in [-0.2, 0) is 0 Å². The third-order valence-electron chi connectivity index (χ3n) is 5.15. The Labute approximate surface area is 179 Å².